The maximum Gasteiger partial charge on any atom is 0.490 e. The Bertz CT molecular complexity index is 376. The van der Waals surface area contributed by atoms with Crippen LogP contribution < -0.4 is 5.32 Å². The molecule has 0 unspecified atom stereocenters. The number of alkyl halides is 5. The van der Waals surface area contributed by atoms with E-state index in [1.54, 1.807) is 0 Å². The Morgan fingerprint density at radius 1 is 1.18 bits per heavy atom. The maximum absolute atomic E-state index is 12.9. The molecule has 0 aromatic carbocycles. The molecule has 0 bridgehead atoms. The molecule has 0 atom stereocenters. The molecule has 0 aromatic rings. The van der Waals surface area contributed by atoms with Crippen LogP contribution in [0.5, 0.6) is 0 Å². The second-order valence-electron chi connectivity index (χ2n) is 5.00. The maximum atomic E-state index is 12.9. The van der Waals surface area contributed by atoms with Crippen LogP contribution in [-0.2, 0) is 9.59 Å². The fraction of sp³-hybridized carbons (Fsp3) is 0.833. The highest BCUT2D eigenvalue weighted by Gasteiger charge is 2.38. The van der Waals surface area contributed by atoms with Gasteiger partial charge in [-0.15, -0.1) is 0 Å². The third kappa shape index (κ3) is 8.75. The smallest absolute Gasteiger partial charge is 0.475 e. The lowest BCUT2D eigenvalue weighted by Crippen LogP contribution is -2.49. The zero-order chi connectivity index (χ0) is 17.6. The van der Waals surface area contributed by atoms with Gasteiger partial charge >= 0.3 is 12.1 Å². The minimum Gasteiger partial charge on any atom is -0.475 e. The van der Waals surface area contributed by atoms with Crippen molar-refractivity contribution >= 4 is 11.9 Å². The van der Waals surface area contributed by atoms with Crippen LogP contribution in [-0.4, -0.2) is 59.7 Å². The van der Waals surface area contributed by atoms with E-state index < -0.39 is 24.6 Å². The minimum absolute atomic E-state index is 0.0328. The average molecular weight is 334 g/mol. The predicted octanol–water partition coefficient (Wildman–Crippen LogP) is 1.88. The average Bonchev–Trinajstić information content (AvgIpc) is 2.35. The van der Waals surface area contributed by atoms with E-state index in [1.165, 1.54) is 11.8 Å². The van der Waals surface area contributed by atoms with Gasteiger partial charge in [0.05, 0.1) is 6.54 Å². The predicted molar refractivity (Wildman–Crippen MR) is 67.6 cm³/mol. The first-order chi connectivity index (χ1) is 9.84. The van der Waals surface area contributed by atoms with Gasteiger partial charge in [-0.1, -0.05) is 0 Å². The lowest BCUT2D eigenvalue weighted by atomic mass is 10.0. The van der Waals surface area contributed by atoms with Crippen LogP contribution in [0.4, 0.5) is 22.0 Å². The van der Waals surface area contributed by atoms with Crippen LogP contribution in [0.1, 0.15) is 26.7 Å². The lowest BCUT2D eigenvalue weighted by molar-refractivity contribution is -0.192. The van der Waals surface area contributed by atoms with Gasteiger partial charge in [0.25, 0.3) is 5.92 Å². The van der Waals surface area contributed by atoms with E-state index in [1.807, 2.05) is 0 Å². The second-order valence-corrected chi connectivity index (χ2v) is 5.00. The number of amides is 1. The molecule has 1 aliphatic rings. The summed E-state index contributed by atoms with van der Waals surface area (Å²) < 4.78 is 57.5. The van der Waals surface area contributed by atoms with E-state index in [2.05, 4.69) is 5.32 Å². The number of carbonyl (C=O) groups excluding carboxylic acids is 1. The number of piperidine rings is 1. The number of nitrogens with zero attached hydrogens (tertiary/aromatic N) is 1. The third-order valence-electron chi connectivity index (χ3n) is 2.84. The highest BCUT2D eigenvalue weighted by atomic mass is 19.4. The lowest BCUT2D eigenvalue weighted by Gasteiger charge is -2.35. The van der Waals surface area contributed by atoms with Gasteiger partial charge in [-0.2, -0.15) is 13.2 Å². The van der Waals surface area contributed by atoms with Gasteiger partial charge < -0.3 is 15.3 Å². The van der Waals surface area contributed by atoms with Crippen molar-refractivity contribution in [3.8, 4) is 0 Å². The molecule has 1 saturated heterocycles. The van der Waals surface area contributed by atoms with Crippen molar-refractivity contribution in [3.63, 3.8) is 0 Å². The number of rotatable bonds is 3. The van der Waals surface area contributed by atoms with Crippen molar-refractivity contribution in [2.24, 2.45) is 0 Å². The van der Waals surface area contributed by atoms with E-state index in [9.17, 15) is 26.7 Å². The van der Waals surface area contributed by atoms with Crippen LogP contribution in [0.3, 0.4) is 0 Å². The molecule has 1 aliphatic heterocycles. The molecule has 0 aromatic heterocycles. The number of nitrogens with one attached hydrogen (secondary N) is 1. The Morgan fingerprint density at radius 2 is 1.59 bits per heavy atom. The molecule has 0 saturated carbocycles. The number of aliphatic carboxylic acids is 1. The van der Waals surface area contributed by atoms with Gasteiger partial charge in [0, 0.05) is 19.9 Å². The Hall–Kier alpha value is -1.45. The van der Waals surface area contributed by atoms with Crippen molar-refractivity contribution in [3.05, 3.63) is 0 Å². The van der Waals surface area contributed by atoms with Crippen molar-refractivity contribution in [2.45, 2.75) is 44.8 Å². The van der Waals surface area contributed by atoms with E-state index in [-0.39, 0.29) is 11.9 Å². The first kappa shape index (κ1) is 20.6. The molecule has 1 rings (SSSR count). The molecule has 1 heterocycles. The summed E-state index contributed by atoms with van der Waals surface area (Å²) in [6.07, 6.45) is -3.56. The first-order valence-corrected chi connectivity index (χ1v) is 6.50. The Balaban J connectivity index is 0.000000534. The van der Waals surface area contributed by atoms with Crippen LogP contribution in [0, 0.1) is 0 Å². The van der Waals surface area contributed by atoms with Gasteiger partial charge in [0.1, 0.15) is 0 Å². The highest BCUT2D eigenvalue weighted by Crippen LogP contribution is 2.19. The zero-order valence-corrected chi connectivity index (χ0v) is 12.2. The van der Waals surface area contributed by atoms with Crippen LogP contribution >= 0.6 is 0 Å². The monoisotopic (exact) mass is 334 g/mol. The van der Waals surface area contributed by atoms with Crippen molar-refractivity contribution in [2.75, 3.05) is 19.6 Å². The normalized spacial score (nSPS) is 16.5. The van der Waals surface area contributed by atoms with Gasteiger partial charge in [0.2, 0.25) is 5.91 Å². The molecule has 22 heavy (non-hydrogen) atoms. The Labute approximate surface area is 124 Å². The molecular formula is C12H19F5N2O3. The number of hydrogen-bond donors (Lipinski definition) is 2. The number of hydrogen-bond acceptors (Lipinski definition) is 3. The third-order valence-corrected chi connectivity index (χ3v) is 2.84. The highest BCUT2D eigenvalue weighted by molar-refractivity contribution is 5.73. The summed E-state index contributed by atoms with van der Waals surface area (Å²) in [5.74, 6) is -5.83. The summed E-state index contributed by atoms with van der Waals surface area (Å²) in [6.45, 7) is 3.33. The van der Waals surface area contributed by atoms with E-state index in [0.29, 0.717) is 0 Å². The van der Waals surface area contributed by atoms with Gasteiger partial charge in [0.15, 0.2) is 0 Å². The largest absolute Gasteiger partial charge is 0.490 e. The van der Waals surface area contributed by atoms with Crippen molar-refractivity contribution < 1.29 is 36.6 Å². The molecule has 130 valence electrons. The molecule has 2 N–H and O–H groups in total. The zero-order valence-electron chi connectivity index (χ0n) is 12.2. The topological polar surface area (TPSA) is 69.6 Å². The fourth-order valence-corrected chi connectivity index (χ4v) is 1.92. The van der Waals surface area contributed by atoms with Crippen molar-refractivity contribution in [1.82, 2.24) is 10.2 Å². The minimum atomic E-state index is -5.08. The Kier molecular flexibility index (Phi) is 7.71. The molecule has 0 spiro atoms. The molecule has 1 fully saturated rings. The molecule has 5 nitrogen and oxygen atoms in total. The SMILES string of the molecule is CC(=O)N(CC(C)(F)F)C1CCNCC1.O=C(O)C(F)(F)F. The summed E-state index contributed by atoms with van der Waals surface area (Å²) >= 11 is 0. The van der Waals surface area contributed by atoms with Crippen LogP contribution in [0.25, 0.3) is 0 Å². The summed E-state index contributed by atoms with van der Waals surface area (Å²) in [5.41, 5.74) is 0. The molecule has 0 aliphatic carbocycles. The molecule has 1 amide bonds. The molecule has 10 heteroatoms. The van der Waals surface area contributed by atoms with E-state index in [4.69, 9.17) is 9.90 Å². The molecular weight excluding hydrogens is 315 g/mol. The second kappa shape index (κ2) is 8.25. The standard InChI is InChI=1S/C10H18F2N2O.C2HF3O2/c1-8(15)14(7-10(2,11)12)9-3-5-13-6-4-9;3-2(4,5)1(6)7/h9,13H,3-7H2,1-2H3;(H,6,7). The number of carboxylic acids is 1. The number of carbonyl (C=O) groups is 2. The summed E-state index contributed by atoms with van der Waals surface area (Å²) in [6, 6.07) is -0.0328. The summed E-state index contributed by atoms with van der Waals surface area (Å²) in [7, 11) is 0. The van der Waals surface area contributed by atoms with Gasteiger partial charge in [-0.3, -0.25) is 4.79 Å². The quantitative estimate of drug-likeness (QED) is 0.773. The van der Waals surface area contributed by atoms with E-state index >= 15 is 0 Å². The number of halogens is 5. The van der Waals surface area contributed by atoms with Crippen LogP contribution in [0.15, 0.2) is 0 Å². The summed E-state index contributed by atoms with van der Waals surface area (Å²) in [4.78, 5) is 21.5. The first-order valence-electron chi connectivity index (χ1n) is 6.50. The molecule has 0 radical (unpaired) electrons. The van der Waals surface area contributed by atoms with Gasteiger partial charge in [-0.05, 0) is 25.9 Å². The van der Waals surface area contributed by atoms with Crippen LogP contribution in [0.2, 0.25) is 0 Å². The number of carboxylic acid groups (broad SMARTS) is 1. The van der Waals surface area contributed by atoms with Crippen molar-refractivity contribution in [1.29, 1.82) is 0 Å². The fourth-order valence-electron chi connectivity index (χ4n) is 1.92. The Morgan fingerprint density at radius 3 is 1.86 bits per heavy atom. The van der Waals surface area contributed by atoms with E-state index in [0.717, 1.165) is 32.9 Å². The summed E-state index contributed by atoms with van der Waals surface area (Å²) in [5, 5.41) is 10.3. The van der Waals surface area contributed by atoms with Gasteiger partial charge in [-0.25, -0.2) is 13.6 Å².